The summed E-state index contributed by atoms with van der Waals surface area (Å²) in [7, 11) is 2.10. The fourth-order valence-electron chi connectivity index (χ4n) is 2.04. The molecule has 3 rings (SSSR count). The van der Waals surface area contributed by atoms with Gasteiger partial charge in [-0.25, -0.2) is 0 Å². The molecule has 15 heavy (non-hydrogen) atoms. The van der Waals surface area contributed by atoms with Crippen LogP contribution in [0.1, 0.15) is 11.4 Å². The Morgan fingerprint density at radius 2 is 2.07 bits per heavy atom. The van der Waals surface area contributed by atoms with Crippen LogP contribution in [0.3, 0.4) is 0 Å². The SMILES string of the molecule is CN1Cc2ccccc2-n2cnnc2C1. The summed E-state index contributed by atoms with van der Waals surface area (Å²) in [4.78, 5) is 2.24. The zero-order valence-corrected chi connectivity index (χ0v) is 8.59. The molecule has 0 aliphatic carbocycles. The fourth-order valence-corrected chi connectivity index (χ4v) is 2.04. The summed E-state index contributed by atoms with van der Waals surface area (Å²) in [5, 5.41) is 8.10. The molecule has 1 aromatic carbocycles. The van der Waals surface area contributed by atoms with Gasteiger partial charge in [-0.05, 0) is 18.7 Å². The van der Waals surface area contributed by atoms with E-state index in [1.165, 1.54) is 11.3 Å². The molecule has 2 heterocycles. The number of rotatable bonds is 0. The highest BCUT2D eigenvalue weighted by atomic mass is 15.3. The molecule has 0 amide bonds. The molecule has 0 bridgehead atoms. The van der Waals surface area contributed by atoms with Crippen LogP contribution in [-0.2, 0) is 13.1 Å². The molecule has 1 aliphatic heterocycles. The van der Waals surface area contributed by atoms with E-state index in [1.807, 2.05) is 6.07 Å². The minimum Gasteiger partial charge on any atom is -0.295 e. The summed E-state index contributed by atoms with van der Waals surface area (Å²) in [6, 6.07) is 8.39. The molecule has 2 aromatic rings. The Bertz CT molecular complexity index is 489. The van der Waals surface area contributed by atoms with Gasteiger partial charge < -0.3 is 0 Å². The number of aromatic nitrogens is 3. The van der Waals surface area contributed by atoms with Crippen LogP contribution in [0.15, 0.2) is 30.6 Å². The van der Waals surface area contributed by atoms with Gasteiger partial charge in [0.2, 0.25) is 0 Å². The highest BCUT2D eigenvalue weighted by Gasteiger charge is 2.17. The number of fused-ring (bicyclic) bond motifs is 3. The highest BCUT2D eigenvalue weighted by Crippen LogP contribution is 2.21. The molecular formula is C11H12N4. The molecule has 4 heteroatoms. The number of hydrogen-bond donors (Lipinski definition) is 0. The summed E-state index contributed by atoms with van der Waals surface area (Å²) < 4.78 is 2.07. The molecule has 0 fully saturated rings. The van der Waals surface area contributed by atoms with Crippen LogP contribution in [-0.4, -0.2) is 26.7 Å². The lowest BCUT2D eigenvalue weighted by atomic mass is 10.2. The molecule has 0 radical (unpaired) electrons. The Labute approximate surface area is 88.2 Å². The van der Waals surface area contributed by atoms with Gasteiger partial charge in [-0.1, -0.05) is 18.2 Å². The summed E-state index contributed by atoms with van der Waals surface area (Å²) in [5.74, 6) is 1.00. The molecule has 0 unspecified atom stereocenters. The lowest BCUT2D eigenvalue weighted by Crippen LogP contribution is -2.16. The minimum absolute atomic E-state index is 0.842. The van der Waals surface area contributed by atoms with Crippen LogP contribution in [0.2, 0.25) is 0 Å². The molecule has 0 saturated heterocycles. The number of benzene rings is 1. The Morgan fingerprint density at radius 3 is 3.00 bits per heavy atom. The molecule has 0 spiro atoms. The smallest absolute Gasteiger partial charge is 0.151 e. The third-order valence-corrected chi connectivity index (χ3v) is 2.72. The maximum absolute atomic E-state index is 4.14. The average molecular weight is 200 g/mol. The van der Waals surface area contributed by atoms with Gasteiger partial charge in [0, 0.05) is 6.54 Å². The van der Waals surface area contributed by atoms with Gasteiger partial charge in [-0.15, -0.1) is 10.2 Å². The maximum Gasteiger partial charge on any atom is 0.151 e. The molecule has 4 nitrogen and oxygen atoms in total. The van der Waals surface area contributed by atoms with Crippen LogP contribution >= 0.6 is 0 Å². The standard InChI is InChI=1S/C11H12N4/c1-14-6-9-4-2-3-5-10(9)15-8-12-13-11(15)7-14/h2-5,8H,6-7H2,1H3. The van der Waals surface area contributed by atoms with Crippen LogP contribution in [0.25, 0.3) is 5.69 Å². The van der Waals surface area contributed by atoms with E-state index in [0.717, 1.165) is 18.9 Å². The van der Waals surface area contributed by atoms with Crippen molar-refractivity contribution in [3.05, 3.63) is 42.0 Å². The predicted octanol–water partition coefficient (Wildman–Crippen LogP) is 1.21. The highest BCUT2D eigenvalue weighted by molar-refractivity contribution is 5.42. The average Bonchev–Trinajstić information content (AvgIpc) is 2.62. The zero-order valence-electron chi connectivity index (χ0n) is 8.59. The molecular weight excluding hydrogens is 188 g/mol. The number of para-hydroxylation sites is 1. The van der Waals surface area contributed by atoms with Crippen molar-refractivity contribution in [3.63, 3.8) is 0 Å². The maximum atomic E-state index is 4.14. The Hall–Kier alpha value is -1.68. The molecule has 1 aliphatic rings. The monoisotopic (exact) mass is 200 g/mol. The molecule has 1 aromatic heterocycles. The molecule has 0 saturated carbocycles. The van der Waals surface area contributed by atoms with E-state index in [1.54, 1.807) is 6.33 Å². The van der Waals surface area contributed by atoms with Crippen molar-refractivity contribution in [2.75, 3.05) is 7.05 Å². The van der Waals surface area contributed by atoms with E-state index < -0.39 is 0 Å². The van der Waals surface area contributed by atoms with E-state index in [-0.39, 0.29) is 0 Å². The van der Waals surface area contributed by atoms with Crippen molar-refractivity contribution in [1.82, 2.24) is 19.7 Å². The largest absolute Gasteiger partial charge is 0.295 e. The van der Waals surface area contributed by atoms with Gasteiger partial charge in [-0.3, -0.25) is 9.47 Å². The van der Waals surface area contributed by atoms with Crippen molar-refractivity contribution < 1.29 is 0 Å². The molecule has 0 N–H and O–H groups in total. The zero-order chi connectivity index (χ0) is 10.3. The van der Waals surface area contributed by atoms with E-state index in [9.17, 15) is 0 Å². The summed E-state index contributed by atoms with van der Waals surface area (Å²) in [6.45, 7) is 1.80. The van der Waals surface area contributed by atoms with Crippen LogP contribution in [0.5, 0.6) is 0 Å². The second kappa shape index (κ2) is 3.17. The lowest BCUT2D eigenvalue weighted by Gasteiger charge is -2.11. The van der Waals surface area contributed by atoms with Gasteiger partial charge in [0.05, 0.1) is 12.2 Å². The Morgan fingerprint density at radius 1 is 1.20 bits per heavy atom. The minimum atomic E-state index is 0.842. The van der Waals surface area contributed by atoms with Crippen molar-refractivity contribution >= 4 is 0 Å². The third kappa shape index (κ3) is 1.34. The first-order valence-corrected chi connectivity index (χ1v) is 5.00. The van der Waals surface area contributed by atoms with Gasteiger partial charge in [0.25, 0.3) is 0 Å². The summed E-state index contributed by atoms with van der Waals surface area (Å²) in [5.41, 5.74) is 2.51. The summed E-state index contributed by atoms with van der Waals surface area (Å²) in [6.07, 6.45) is 1.79. The predicted molar refractivity (Wildman–Crippen MR) is 56.5 cm³/mol. The van der Waals surface area contributed by atoms with E-state index in [0.29, 0.717) is 0 Å². The van der Waals surface area contributed by atoms with Crippen molar-refractivity contribution in [3.8, 4) is 5.69 Å². The van der Waals surface area contributed by atoms with Crippen molar-refractivity contribution in [2.24, 2.45) is 0 Å². The number of hydrogen-bond acceptors (Lipinski definition) is 3. The van der Waals surface area contributed by atoms with E-state index >= 15 is 0 Å². The van der Waals surface area contributed by atoms with Gasteiger partial charge in [0.15, 0.2) is 5.82 Å². The molecule has 0 atom stereocenters. The first-order chi connectivity index (χ1) is 7.34. The lowest BCUT2D eigenvalue weighted by molar-refractivity contribution is 0.315. The first-order valence-electron chi connectivity index (χ1n) is 5.00. The van der Waals surface area contributed by atoms with Crippen LogP contribution < -0.4 is 0 Å². The Balaban J connectivity index is 2.25. The number of nitrogens with zero attached hydrogens (tertiary/aromatic N) is 4. The van der Waals surface area contributed by atoms with Gasteiger partial charge in [-0.2, -0.15) is 0 Å². The second-order valence-corrected chi connectivity index (χ2v) is 3.92. The quantitative estimate of drug-likeness (QED) is 0.641. The molecule has 76 valence electrons. The normalized spacial score (nSPS) is 15.5. The Kier molecular flexibility index (Phi) is 1.82. The van der Waals surface area contributed by atoms with Crippen molar-refractivity contribution in [1.29, 1.82) is 0 Å². The van der Waals surface area contributed by atoms with Crippen LogP contribution in [0.4, 0.5) is 0 Å². The van der Waals surface area contributed by atoms with Gasteiger partial charge in [0.1, 0.15) is 6.33 Å². The second-order valence-electron chi connectivity index (χ2n) is 3.92. The van der Waals surface area contributed by atoms with Crippen LogP contribution in [0, 0.1) is 0 Å². The summed E-state index contributed by atoms with van der Waals surface area (Å²) >= 11 is 0. The van der Waals surface area contributed by atoms with Crippen molar-refractivity contribution in [2.45, 2.75) is 13.1 Å². The third-order valence-electron chi connectivity index (χ3n) is 2.72. The topological polar surface area (TPSA) is 34.0 Å². The van der Waals surface area contributed by atoms with Gasteiger partial charge >= 0.3 is 0 Å². The van der Waals surface area contributed by atoms with E-state index in [2.05, 4.69) is 44.9 Å². The fraction of sp³-hybridized carbons (Fsp3) is 0.273. The first kappa shape index (κ1) is 8.61. The van der Waals surface area contributed by atoms with E-state index in [4.69, 9.17) is 0 Å².